The van der Waals surface area contributed by atoms with Crippen molar-refractivity contribution in [3.05, 3.63) is 54.0 Å². The van der Waals surface area contributed by atoms with Crippen LogP contribution in [0.4, 0.5) is 0 Å². The molecule has 0 unspecified atom stereocenters. The number of rotatable bonds is 4. The molecular weight excluding hydrogens is 328 g/mol. The Kier molecular flexibility index (Phi) is 4.56. The number of benzene rings is 1. The second-order valence-electron chi connectivity index (χ2n) is 6.49. The van der Waals surface area contributed by atoms with E-state index in [1.54, 1.807) is 18.3 Å². The highest BCUT2D eigenvalue weighted by Crippen LogP contribution is 2.29. The van der Waals surface area contributed by atoms with E-state index in [0.29, 0.717) is 37.1 Å². The Hall–Kier alpha value is -2.89. The molecule has 1 fully saturated rings. The van der Waals surface area contributed by atoms with Crippen molar-refractivity contribution >= 4 is 16.9 Å². The highest BCUT2D eigenvalue weighted by molar-refractivity contribution is 5.96. The van der Waals surface area contributed by atoms with Crippen LogP contribution in [-0.2, 0) is 0 Å². The lowest BCUT2D eigenvalue weighted by molar-refractivity contribution is 0.0706. The summed E-state index contributed by atoms with van der Waals surface area (Å²) in [4.78, 5) is 27.1. The van der Waals surface area contributed by atoms with E-state index in [1.165, 1.54) is 0 Å². The number of carbonyl (C=O) groups is 1. The van der Waals surface area contributed by atoms with E-state index >= 15 is 0 Å². The normalized spacial score (nSPS) is 15.3. The predicted molar refractivity (Wildman–Crippen MR) is 99.4 cm³/mol. The van der Waals surface area contributed by atoms with Gasteiger partial charge in [-0.3, -0.25) is 4.79 Å². The maximum atomic E-state index is 12.9. The quantitative estimate of drug-likeness (QED) is 0.783. The summed E-state index contributed by atoms with van der Waals surface area (Å²) < 4.78 is 5.50. The van der Waals surface area contributed by atoms with E-state index < -0.39 is 0 Å². The van der Waals surface area contributed by atoms with Crippen LogP contribution in [0.15, 0.2) is 42.6 Å². The van der Waals surface area contributed by atoms with Crippen LogP contribution in [0.5, 0.6) is 5.88 Å². The van der Waals surface area contributed by atoms with Crippen molar-refractivity contribution in [1.29, 1.82) is 0 Å². The lowest BCUT2D eigenvalue weighted by Gasteiger charge is -2.31. The molecule has 2 aromatic heterocycles. The van der Waals surface area contributed by atoms with E-state index in [1.807, 2.05) is 36.1 Å². The maximum Gasteiger partial charge on any atom is 0.259 e. The second-order valence-corrected chi connectivity index (χ2v) is 6.49. The summed E-state index contributed by atoms with van der Waals surface area (Å²) in [5.41, 5.74) is 2.60. The summed E-state index contributed by atoms with van der Waals surface area (Å²) >= 11 is 0. The molecule has 0 saturated carbocycles. The molecule has 6 heteroatoms. The third-order valence-corrected chi connectivity index (χ3v) is 4.86. The van der Waals surface area contributed by atoms with E-state index in [4.69, 9.17) is 9.72 Å². The third kappa shape index (κ3) is 3.14. The molecular formula is C20H22N4O2. The third-order valence-electron chi connectivity index (χ3n) is 4.86. The van der Waals surface area contributed by atoms with Gasteiger partial charge in [0.15, 0.2) is 0 Å². The number of likely N-dealkylation sites (tertiary alicyclic amines) is 1. The molecule has 1 amide bonds. The number of amides is 1. The molecule has 1 aromatic carbocycles. The minimum absolute atomic E-state index is 0.00962. The van der Waals surface area contributed by atoms with Crippen LogP contribution in [0.25, 0.3) is 11.0 Å². The number of hydrogen-bond acceptors (Lipinski definition) is 4. The van der Waals surface area contributed by atoms with E-state index in [-0.39, 0.29) is 5.91 Å². The van der Waals surface area contributed by atoms with E-state index in [0.717, 1.165) is 29.7 Å². The maximum absolute atomic E-state index is 12.9. The molecule has 3 aromatic rings. The van der Waals surface area contributed by atoms with Gasteiger partial charge in [-0.05, 0) is 44.0 Å². The lowest BCUT2D eigenvalue weighted by Crippen LogP contribution is -2.38. The number of fused-ring (bicyclic) bond motifs is 1. The molecule has 4 rings (SSSR count). The zero-order chi connectivity index (χ0) is 17.9. The Morgan fingerprint density at radius 3 is 2.81 bits per heavy atom. The van der Waals surface area contributed by atoms with Gasteiger partial charge in [0, 0.05) is 25.2 Å². The molecule has 1 N–H and O–H groups in total. The van der Waals surface area contributed by atoms with E-state index in [2.05, 4.69) is 9.97 Å². The first-order chi connectivity index (χ1) is 12.8. The summed E-state index contributed by atoms with van der Waals surface area (Å²) in [6.07, 6.45) is 3.45. The first-order valence-electron chi connectivity index (χ1n) is 9.08. The summed E-state index contributed by atoms with van der Waals surface area (Å²) in [7, 11) is 0. The summed E-state index contributed by atoms with van der Waals surface area (Å²) in [6, 6.07) is 11.6. The average molecular weight is 350 g/mol. The fraction of sp³-hybridized carbons (Fsp3) is 0.350. The lowest BCUT2D eigenvalue weighted by atomic mass is 9.95. The Labute approximate surface area is 152 Å². The molecule has 0 atom stereocenters. The van der Waals surface area contributed by atoms with Gasteiger partial charge in [-0.1, -0.05) is 12.1 Å². The number of H-pyrrole nitrogens is 1. The number of ether oxygens (including phenoxy) is 1. The highest BCUT2D eigenvalue weighted by Gasteiger charge is 2.28. The first-order valence-corrected chi connectivity index (χ1v) is 9.08. The Morgan fingerprint density at radius 2 is 2.04 bits per heavy atom. The van der Waals surface area contributed by atoms with Crippen molar-refractivity contribution < 1.29 is 9.53 Å². The molecule has 0 radical (unpaired) electrons. The Balaban J connectivity index is 1.45. The van der Waals surface area contributed by atoms with Crippen LogP contribution in [0.2, 0.25) is 0 Å². The number of nitrogens with one attached hydrogen (secondary N) is 1. The topological polar surface area (TPSA) is 71.1 Å². The molecule has 0 spiro atoms. The number of piperidine rings is 1. The van der Waals surface area contributed by atoms with Crippen LogP contribution in [-0.4, -0.2) is 45.5 Å². The molecule has 26 heavy (non-hydrogen) atoms. The number of hydrogen-bond donors (Lipinski definition) is 1. The van der Waals surface area contributed by atoms with Gasteiger partial charge in [0.1, 0.15) is 11.4 Å². The number of carbonyl (C=O) groups excluding carboxylic acids is 1. The molecule has 6 nitrogen and oxygen atoms in total. The van der Waals surface area contributed by atoms with Crippen molar-refractivity contribution in [2.75, 3.05) is 19.7 Å². The van der Waals surface area contributed by atoms with E-state index in [9.17, 15) is 4.79 Å². The van der Waals surface area contributed by atoms with Crippen molar-refractivity contribution in [2.45, 2.75) is 25.7 Å². The summed E-state index contributed by atoms with van der Waals surface area (Å²) in [5.74, 6) is 1.78. The Morgan fingerprint density at radius 1 is 1.23 bits per heavy atom. The van der Waals surface area contributed by atoms with Crippen molar-refractivity contribution in [3.63, 3.8) is 0 Å². The molecule has 1 aliphatic rings. The van der Waals surface area contributed by atoms with Crippen molar-refractivity contribution in [2.24, 2.45) is 0 Å². The van der Waals surface area contributed by atoms with Gasteiger partial charge in [-0.15, -0.1) is 0 Å². The number of nitrogens with zero attached hydrogens (tertiary/aromatic N) is 3. The molecule has 1 saturated heterocycles. The minimum atomic E-state index is -0.00962. The summed E-state index contributed by atoms with van der Waals surface area (Å²) in [6.45, 7) is 3.80. The standard InChI is InChI=1S/C20H22N4O2/c1-2-26-19-15(6-5-11-21-19)20(25)24-12-9-14(10-13-24)18-22-16-7-3-4-8-17(16)23-18/h3-8,11,14H,2,9-10,12-13H2,1H3,(H,22,23). The first kappa shape index (κ1) is 16.6. The van der Waals surface area contributed by atoms with Gasteiger partial charge in [-0.25, -0.2) is 9.97 Å². The predicted octanol–water partition coefficient (Wildman–Crippen LogP) is 3.38. The van der Waals surface area contributed by atoms with Gasteiger partial charge in [-0.2, -0.15) is 0 Å². The SMILES string of the molecule is CCOc1ncccc1C(=O)N1CCC(c2nc3ccccc3[nH]2)CC1. The van der Waals surface area contributed by atoms with Gasteiger partial charge in [0.2, 0.25) is 5.88 Å². The minimum Gasteiger partial charge on any atom is -0.477 e. The molecule has 1 aliphatic heterocycles. The van der Waals surface area contributed by atoms with Crippen LogP contribution in [0.1, 0.15) is 41.9 Å². The molecule has 3 heterocycles. The van der Waals surface area contributed by atoms with Gasteiger partial charge in [0.05, 0.1) is 17.6 Å². The monoisotopic (exact) mass is 350 g/mol. The molecule has 0 bridgehead atoms. The van der Waals surface area contributed by atoms with Crippen LogP contribution in [0.3, 0.4) is 0 Å². The number of aromatic nitrogens is 3. The number of para-hydroxylation sites is 2. The van der Waals surface area contributed by atoms with Crippen molar-refractivity contribution in [3.8, 4) is 5.88 Å². The fourth-order valence-electron chi connectivity index (χ4n) is 3.50. The fourth-order valence-corrected chi connectivity index (χ4v) is 3.50. The number of imidazole rings is 1. The van der Waals surface area contributed by atoms with Gasteiger partial charge >= 0.3 is 0 Å². The average Bonchev–Trinajstić information content (AvgIpc) is 3.12. The second kappa shape index (κ2) is 7.15. The molecule has 134 valence electrons. The van der Waals surface area contributed by atoms with Crippen LogP contribution < -0.4 is 4.74 Å². The smallest absolute Gasteiger partial charge is 0.259 e. The Bertz CT molecular complexity index is 880. The molecule has 0 aliphatic carbocycles. The zero-order valence-corrected chi connectivity index (χ0v) is 14.8. The van der Waals surface area contributed by atoms with Crippen molar-refractivity contribution in [1.82, 2.24) is 19.9 Å². The van der Waals surface area contributed by atoms with Crippen LogP contribution in [0, 0.1) is 0 Å². The highest BCUT2D eigenvalue weighted by atomic mass is 16.5. The van der Waals surface area contributed by atoms with Gasteiger partial charge in [0.25, 0.3) is 5.91 Å². The van der Waals surface area contributed by atoms with Crippen LogP contribution >= 0.6 is 0 Å². The van der Waals surface area contributed by atoms with Gasteiger partial charge < -0.3 is 14.6 Å². The summed E-state index contributed by atoms with van der Waals surface area (Å²) in [5, 5.41) is 0. The largest absolute Gasteiger partial charge is 0.477 e. The zero-order valence-electron chi connectivity index (χ0n) is 14.8. The number of pyridine rings is 1. The number of aromatic amines is 1.